The number of carbonyl (C=O) groups excluding carboxylic acids is 1. The van der Waals surface area contributed by atoms with Crippen molar-refractivity contribution in [3.05, 3.63) is 35.9 Å². The van der Waals surface area contributed by atoms with Crippen molar-refractivity contribution >= 4 is 22.0 Å². The highest BCUT2D eigenvalue weighted by atomic mass is 32.2. The zero-order chi connectivity index (χ0) is 16.6. The summed E-state index contributed by atoms with van der Waals surface area (Å²) >= 11 is 0. The van der Waals surface area contributed by atoms with Gasteiger partial charge in [0.2, 0.25) is 10.0 Å². The van der Waals surface area contributed by atoms with Crippen LogP contribution < -0.4 is 4.72 Å². The summed E-state index contributed by atoms with van der Waals surface area (Å²) < 4.78 is 30.7. The molecule has 0 saturated heterocycles. The highest BCUT2D eigenvalue weighted by molar-refractivity contribution is 7.89. The van der Waals surface area contributed by atoms with Gasteiger partial charge in [0.05, 0.1) is 12.4 Å². The van der Waals surface area contributed by atoms with E-state index < -0.39 is 28.0 Å². The van der Waals surface area contributed by atoms with Crippen molar-refractivity contribution in [3.8, 4) is 0 Å². The third-order valence-electron chi connectivity index (χ3n) is 2.78. The lowest BCUT2D eigenvalue weighted by molar-refractivity contribution is -0.143. The molecule has 8 heteroatoms. The molecule has 7 nitrogen and oxygen atoms in total. The monoisotopic (exact) mass is 329 g/mol. The molecular weight excluding hydrogens is 310 g/mol. The molecule has 0 heterocycles. The number of carboxylic acids is 1. The molecule has 0 aromatic heterocycles. The SMILES string of the molecule is CCOC(=O)CCCS(=O)(=O)N[C@H](C(=O)O)c1ccccc1. The molecule has 2 N–H and O–H groups in total. The average molecular weight is 329 g/mol. The van der Waals surface area contributed by atoms with Crippen LogP contribution in [0.1, 0.15) is 31.4 Å². The first-order valence-electron chi connectivity index (χ1n) is 6.79. The Morgan fingerprint density at radius 1 is 1.27 bits per heavy atom. The number of hydrogen-bond acceptors (Lipinski definition) is 5. The molecule has 0 fully saturated rings. The number of hydrogen-bond donors (Lipinski definition) is 2. The van der Waals surface area contributed by atoms with Gasteiger partial charge in [-0.3, -0.25) is 9.59 Å². The molecule has 1 aromatic rings. The van der Waals surface area contributed by atoms with Crippen LogP contribution in [-0.4, -0.2) is 37.8 Å². The van der Waals surface area contributed by atoms with Crippen molar-refractivity contribution in [2.24, 2.45) is 0 Å². The summed E-state index contributed by atoms with van der Waals surface area (Å²) in [4.78, 5) is 22.4. The highest BCUT2D eigenvalue weighted by Gasteiger charge is 2.25. The van der Waals surface area contributed by atoms with Gasteiger partial charge in [0.25, 0.3) is 0 Å². The first kappa shape index (κ1) is 18.1. The summed E-state index contributed by atoms with van der Waals surface area (Å²) in [6.07, 6.45) is 0.0348. The number of rotatable bonds is 9. The van der Waals surface area contributed by atoms with E-state index in [9.17, 15) is 23.1 Å². The van der Waals surface area contributed by atoms with E-state index >= 15 is 0 Å². The molecular formula is C14H19NO6S. The third-order valence-corrected chi connectivity index (χ3v) is 4.20. The number of carboxylic acid groups (broad SMARTS) is 1. The molecule has 1 rings (SSSR count). The number of ether oxygens (including phenoxy) is 1. The van der Waals surface area contributed by atoms with Crippen molar-refractivity contribution in [1.82, 2.24) is 4.72 Å². The first-order chi connectivity index (χ1) is 10.4. The number of esters is 1. The van der Waals surface area contributed by atoms with Gasteiger partial charge in [0, 0.05) is 6.42 Å². The van der Waals surface area contributed by atoms with Crippen molar-refractivity contribution in [2.45, 2.75) is 25.8 Å². The largest absolute Gasteiger partial charge is 0.480 e. The van der Waals surface area contributed by atoms with Crippen LogP contribution >= 0.6 is 0 Å². The second kappa shape index (κ2) is 8.50. The molecule has 0 aliphatic heterocycles. The molecule has 0 unspecified atom stereocenters. The van der Waals surface area contributed by atoms with Crippen molar-refractivity contribution in [3.63, 3.8) is 0 Å². The Bertz CT molecular complexity index is 599. The van der Waals surface area contributed by atoms with Crippen molar-refractivity contribution in [1.29, 1.82) is 0 Å². The molecule has 1 atom stereocenters. The molecule has 0 aliphatic carbocycles. The van der Waals surface area contributed by atoms with Gasteiger partial charge in [0.1, 0.15) is 6.04 Å². The normalized spacial score (nSPS) is 12.6. The number of sulfonamides is 1. The Morgan fingerprint density at radius 2 is 1.91 bits per heavy atom. The summed E-state index contributed by atoms with van der Waals surface area (Å²) in [7, 11) is -3.82. The van der Waals surface area contributed by atoms with Crippen LogP contribution in [0.5, 0.6) is 0 Å². The fraction of sp³-hybridized carbons (Fsp3) is 0.429. The van der Waals surface area contributed by atoms with Gasteiger partial charge in [-0.15, -0.1) is 0 Å². The predicted octanol–water partition coefficient (Wildman–Crippen LogP) is 1.07. The van der Waals surface area contributed by atoms with E-state index in [-0.39, 0.29) is 25.2 Å². The maximum atomic E-state index is 11.9. The topological polar surface area (TPSA) is 110 Å². The molecule has 0 amide bonds. The summed E-state index contributed by atoms with van der Waals surface area (Å²) in [6.45, 7) is 1.90. The van der Waals surface area contributed by atoms with E-state index in [4.69, 9.17) is 4.74 Å². The third kappa shape index (κ3) is 6.23. The summed E-state index contributed by atoms with van der Waals surface area (Å²) in [5.74, 6) is -2.11. The molecule has 0 bridgehead atoms. The molecule has 0 aliphatic rings. The van der Waals surface area contributed by atoms with Gasteiger partial charge in [-0.25, -0.2) is 8.42 Å². The summed E-state index contributed by atoms with van der Waals surface area (Å²) in [5.41, 5.74) is 0.337. The van der Waals surface area contributed by atoms with Crippen LogP contribution in [0.3, 0.4) is 0 Å². The van der Waals surface area contributed by atoms with Crippen LogP contribution in [0.15, 0.2) is 30.3 Å². The maximum absolute atomic E-state index is 11.9. The number of benzene rings is 1. The van der Waals surface area contributed by atoms with Gasteiger partial charge in [-0.1, -0.05) is 30.3 Å². The molecule has 0 spiro atoms. The standard InChI is InChI=1S/C14H19NO6S/c1-2-21-12(16)9-6-10-22(19,20)15-13(14(17)18)11-7-4-3-5-8-11/h3-5,7-8,13,15H,2,6,9-10H2,1H3,(H,17,18)/t13-/m0/s1. The molecule has 0 saturated carbocycles. The Balaban J connectivity index is 2.64. The molecule has 22 heavy (non-hydrogen) atoms. The predicted molar refractivity (Wildman–Crippen MR) is 79.6 cm³/mol. The molecule has 122 valence electrons. The fourth-order valence-electron chi connectivity index (χ4n) is 1.78. The quantitative estimate of drug-likeness (QED) is 0.656. The van der Waals surface area contributed by atoms with Crippen LogP contribution in [0.25, 0.3) is 0 Å². The van der Waals surface area contributed by atoms with Gasteiger partial charge >= 0.3 is 11.9 Å². The molecule has 1 aromatic carbocycles. The van der Waals surface area contributed by atoms with Crippen LogP contribution in [0, 0.1) is 0 Å². The van der Waals surface area contributed by atoms with Gasteiger partial charge in [0.15, 0.2) is 0 Å². The average Bonchev–Trinajstić information content (AvgIpc) is 2.45. The molecule has 0 radical (unpaired) electrons. The Hall–Kier alpha value is -1.93. The minimum Gasteiger partial charge on any atom is -0.480 e. The summed E-state index contributed by atoms with van der Waals surface area (Å²) in [5, 5.41) is 9.17. The lowest BCUT2D eigenvalue weighted by Crippen LogP contribution is -2.35. The van der Waals surface area contributed by atoms with Crippen molar-refractivity contribution in [2.75, 3.05) is 12.4 Å². The van der Waals surface area contributed by atoms with E-state index in [0.29, 0.717) is 5.56 Å². The van der Waals surface area contributed by atoms with Crippen molar-refractivity contribution < 1.29 is 27.9 Å². The zero-order valence-electron chi connectivity index (χ0n) is 12.2. The van der Waals surface area contributed by atoms with Gasteiger partial charge in [-0.2, -0.15) is 4.72 Å². The Labute approximate surface area is 129 Å². The number of carbonyl (C=O) groups is 2. The highest BCUT2D eigenvalue weighted by Crippen LogP contribution is 2.14. The number of aliphatic carboxylic acids is 1. The van der Waals surface area contributed by atoms with Crippen LogP contribution in [0.4, 0.5) is 0 Å². The minimum atomic E-state index is -3.82. The first-order valence-corrected chi connectivity index (χ1v) is 8.44. The van der Waals surface area contributed by atoms with Crippen LogP contribution in [-0.2, 0) is 24.3 Å². The van der Waals surface area contributed by atoms with E-state index in [1.807, 2.05) is 0 Å². The van der Waals surface area contributed by atoms with E-state index in [1.165, 1.54) is 12.1 Å². The second-order valence-electron chi connectivity index (χ2n) is 4.53. The lowest BCUT2D eigenvalue weighted by atomic mass is 10.1. The second-order valence-corrected chi connectivity index (χ2v) is 6.40. The van der Waals surface area contributed by atoms with E-state index in [2.05, 4.69) is 4.72 Å². The van der Waals surface area contributed by atoms with Crippen LogP contribution in [0.2, 0.25) is 0 Å². The van der Waals surface area contributed by atoms with Gasteiger partial charge < -0.3 is 9.84 Å². The Morgan fingerprint density at radius 3 is 2.45 bits per heavy atom. The minimum absolute atomic E-state index is 0.0299. The van der Waals surface area contributed by atoms with E-state index in [0.717, 1.165) is 0 Å². The summed E-state index contributed by atoms with van der Waals surface area (Å²) in [6, 6.07) is 6.66. The lowest BCUT2D eigenvalue weighted by Gasteiger charge is -2.15. The maximum Gasteiger partial charge on any atom is 0.326 e. The fourth-order valence-corrected chi connectivity index (χ4v) is 3.02. The Kier molecular flexibility index (Phi) is 7.00. The zero-order valence-corrected chi connectivity index (χ0v) is 13.0. The number of nitrogens with one attached hydrogen (secondary N) is 1. The van der Waals surface area contributed by atoms with E-state index in [1.54, 1.807) is 25.1 Å². The van der Waals surface area contributed by atoms with Gasteiger partial charge in [-0.05, 0) is 18.9 Å². The smallest absolute Gasteiger partial charge is 0.326 e.